The molecule has 150 valence electrons. The van der Waals surface area contributed by atoms with E-state index in [2.05, 4.69) is 72.6 Å². The van der Waals surface area contributed by atoms with E-state index in [0.29, 0.717) is 11.3 Å². The van der Waals surface area contributed by atoms with E-state index in [4.69, 9.17) is 11.0 Å². The van der Waals surface area contributed by atoms with E-state index in [1.807, 2.05) is 31.4 Å². The highest BCUT2D eigenvalue weighted by Gasteiger charge is 2.23. The molecule has 0 atom stereocenters. The van der Waals surface area contributed by atoms with E-state index in [1.165, 1.54) is 16.7 Å². The molecule has 3 heteroatoms. The van der Waals surface area contributed by atoms with Gasteiger partial charge in [0.25, 0.3) is 0 Å². The first-order chi connectivity index (χ1) is 15.0. The minimum Gasteiger partial charge on any atom is -0.466 e. The zero-order valence-electron chi connectivity index (χ0n) is 18.2. The molecule has 0 N–H and O–H groups in total. The highest BCUT2D eigenvalue weighted by atomic mass is 16.3. The zero-order chi connectivity index (χ0) is 21.7. The van der Waals surface area contributed by atoms with Gasteiger partial charge < -0.3 is 4.42 Å². The van der Waals surface area contributed by atoms with Crippen molar-refractivity contribution in [2.24, 2.45) is 7.05 Å². The van der Waals surface area contributed by atoms with Gasteiger partial charge in [-0.15, -0.1) is 0 Å². The van der Waals surface area contributed by atoms with Crippen LogP contribution in [0.5, 0.6) is 0 Å². The Morgan fingerprint density at radius 3 is 2.39 bits per heavy atom. The molecule has 0 spiro atoms. The Bertz CT molecular complexity index is 1530. The van der Waals surface area contributed by atoms with Crippen LogP contribution in [0.25, 0.3) is 49.2 Å². The SMILES string of the molecule is [C-]#[N+]c1ccc(-c2ccc(C)cc2C)c2c1oc1c(-c3cccc[n+]3C)c(C)ccc12. The fourth-order valence-electron chi connectivity index (χ4n) is 4.56. The number of hydrogen-bond donors (Lipinski definition) is 0. The van der Waals surface area contributed by atoms with E-state index in [-0.39, 0.29) is 0 Å². The van der Waals surface area contributed by atoms with Gasteiger partial charge in [0, 0.05) is 22.9 Å². The molecule has 0 fully saturated rings. The lowest BCUT2D eigenvalue weighted by molar-refractivity contribution is -0.660. The Morgan fingerprint density at radius 2 is 1.65 bits per heavy atom. The van der Waals surface area contributed by atoms with Crippen molar-refractivity contribution in [1.29, 1.82) is 0 Å². The first-order valence-corrected chi connectivity index (χ1v) is 10.4. The van der Waals surface area contributed by atoms with Crippen molar-refractivity contribution in [3.8, 4) is 22.4 Å². The van der Waals surface area contributed by atoms with Gasteiger partial charge in [-0.25, -0.2) is 9.41 Å². The second-order valence-electron chi connectivity index (χ2n) is 8.20. The van der Waals surface area contributed by atoms with Crippen LogP contribution >= 0.6 is 0 Å². The standard InChI is InChI=1S/C28H23N2O/c1-17-9-11-20(19(3)16-17)21-13-14-23(29-4)28-26(21)22-12-10-18(2)25(27(22)31-28)24-8-6-7-15-30(24)5/h6-16H,1-3,5H3/q+1. The zero-order valence-corrected chi connectivity index (χ0v) is 18.2. The van der Waals surface area contributed by atoms with Crippen LogP contribution in [0.2, 0.25) is 0 Å². The summed E-state index contributed by atoms with van der Waals surface area (Å²) < 4.78 is 8.60. The second-order valence-corrected chi connectivity index (χ2v) is 8.20. The molecule has 0 bridgehead atoms. The summed E-state index contributed by atoms with van der Waals surface area (Å²) in [4.78, 5) is 3.76. The summed E-state index contributed by atoms with van der Waals surface area (Å²) in [5, 5.41) is 2.05. The lowest BCUT2D eigenvalue weighted by Crippen LogP contribution is -2.30. The quantitative estimate of drug-likeness (QED) is 0.225. The third kappa shape index (κ3) is 2.92. The van der Waals surface area contributed by atoms with Gasteiger partial charge in [-0.3, -0.25) is 0 Å². The van der Waals surface area contributed by atoms with Crippen molar-refractivity contribution in [3.63, 3.8) is 0 Å². The maximum atomic E-state index is 7.70. The number of fused-ring (bicyclic) bond motifs is 3. The minimum atomic E-state index is 0.542. The molecule has 0 amide bonds. The molecule has 0 radical (unpaired) electrons. The van der Waals surface area contributed by atoms with Gasteiger partial charge in [0.1, 0.15) is 18.2 Å². The van der Waals surface area contributed by atoms with Gasteiger partial charge in [0.05, 0.1) is 12.1 Å². The van der Waals surface area contributed by atoms with Gasteiger partial charge in [-0.1, -0.05) is 48.0 Å². The number of aromatic nitrogens is 1. The molecule has 2 heterocycles. The van der Waals surface area contributed by atoms with Crippen molar-refractivity contribution >= 4 is 27.6 Å². The van der Waals surface area contributed by atoms with Crippen molar-refractivity contribution in [2.45, 2.75) is 20.8 Å². The van der Waals surface area contributed by atoms with E-state index >= 15 is 0 Å². The van der Waals surface area contributed by atoms with Crippen LogP contribution in [0.1, 0.15) is 16.7 Å². The lowest BCUT2D eigenvalue weighted by Gasteiger charge is -2.10. The summed E-state index contributed by atoms with van der Waals surface area (Å²) in [5.41, 5.74) is 10.1. The third-order valence-corrected chi connectivity index (χ3v) is 6.08. The molecule has 0 aliphatic carbocycles. The normalized spacial score (nSPS) is 11.2. The molecular weight excluding hydrogens is 380 g/mol. The molecule has 5 rings (SSSR count). The summed E-state index contributed by atoms with van der Waals surface area (Å²) >= 11 is 0. The van der Waals surface area contributed by atoms with Crippen LogP contribution in [-0.4, -0.2) is 0 Å². The summed E-state index contributed by atoms with van der Waals surface area (Å²) in [6.07, 6.45) is 2.04. The van der Waals surface area contributed by atoms with Crippen molar-refractivity contribution in [1.82, 2.24) is 0 Å². The maximum absolute atomic E-state index is 7.70. The number of rotatable bonds is 2. The van der Waals surface area contributed by atoms with Gasteiger partial charge in [-0.05, 0) is 49.1 Å². The van der Waals surface area contributed by atoms with E-state index in [9.17, 15) is 0 Å². The molecule has 0 saturated heterocycles. The second kappa shape index (κ2) is 7.11. The maximum Gasteiger partial charge on any atom is 0.229 e. The van der Waals surface area contributed by atoms with E-state index in [1.54, 1.807) is 0 Å². The van der Waals surface area contributed by atoms with E-state index < -0.39 is 0 Å². The van der Waals surface area contributed by atoms with Crippen LogP contribution in [0, 0.1) is 27.3 Å². The largest absolute Gasteiger partial charge is 0.466 e. The topological polar surface area (TPSA) is 21.4 Å². The highest BCUT2D eigenvalue weighted by molar-refractivity contribution is 6.18. The number of nitrogens with zero attached hydrogens (tertiary/aromatic N) is 2. The fourth-order valence-corrected chi connectivity index (χ4v) is 4.56. The Hall–Kier alpha value is -3.90. The average molecular weight is 404 g/mol. The first-order valence-electron chi connectivity index (χ1n) is 10.4. The molecule has 0 aliphatic rings. The van der Waals surface area contributed by atoms with Crippen LogP contribution in [0.3, 0.4) is 0 Å². The Labute approximate surface area is 182 Å². The number of furan rings is 1. The molecule has 3 nitrogen and oxygen atoms in total. The Balaban J connectivity index is 1.95. The summed E-state index contributed by atoms with van der Waals surface area (Å²) in [5.74, 6) is 0. The number of hydrogen-bond acceptors (Lipinski definition) is 1. The van der Waals surface area contributed by atoms with Crippen molar-refractivity contribution in [2.75, 3.05) is 0 Å². The molecule has 0 aliphatic heterocycles. The predicted octanol–water partition coefficient (Wildman–Crippen LogP) is 7.22. The first kappa shape index (κ1) is 19.1. The average Bonchev–Trinajstić information content (AvgIpc) is 3.14. The molecule has 31 heavy (non-hydrogen) atoms. The molecule has 2 aromatic heterocycles. The van der Waals surface area contributed by atoms with E-state index in [0.717, 1.165) is 38.7 Å². The van der Waals surface area contributed by atoms with Crippen LogP contribution < -0.4 is 4.57 Å². The van der Waals surface area contributed by atoms with Crippen LogP contribution in [0.15, 0.2) is 71.3 Å². The Kier molecular flexibility index (Phi) is 4.38. The van der Waals surface area contributed by atoms with Crippen molar-refractivity contribution < 1.29 is 8.98 Å². The lowest BCUT2D eigenvalue weighted by atomic mass is 9.93. The summed E-state index contributed by atoms with van der Waals surface area (Å²) in [6, 6.07) is 20.9. The molecular formula is C28H23N2O+. The van der Waals surface area contributed by atoms with Gasteiger partial charge in [-0.2, -0.15) is 0 Å². The number of aryl methyl sites for hydroxylation is 4. The molecule has 0 unspecified atom stereocenters. The molecule has 5 aromatic rings. The number of benzene rings is 3. The monoisotopic (exact) mass is 403 g/mol. The summed E-state index contributed by atoms with van der Waals surface area (Å²) in [6.45, 7) is 14.1. The van der Waals surface area contributed by atoms with Crippen LogP contribution in [0.4, 0.5) is 5.69 Å². The highest BCUT2D eigenvalue weighted by Crippen LogP contribution is 2.45. The van der Waals surface area contributed by atoms with Crippen molar-refractivity contribution in [3.05, 3.63) is 95.0 Å². The fraction of sp³-hybridized carbons (Fsp3) is 0.143. The summed E-state index contributed by atoms with van der Waals surface area (Å²) in [7, 11) is 2.04. The minimum absolute atomic E-state index is 0.542. The predicted molar refractivity (Wildman–Crippen MR) is 126 cm³/mol. The van der Waals surface area contributed by atoms with Gasteiger partial charge in [0.15, 0.2) is 6.20 Å². The number of pyridine rings is 1. The smallest absolute Gasteiger partial charge is 0.229 e. The van der Waals surface area contributed by atoms with Crippen LogP contribution in [-0.2, 0) is 7.05 Å². The molecule has 3 aromatic carbocycles. The third-order valence-electron chi connectivity index (χ3n) is 6.08. The Morgan fingerprint density at radius 1 is 0.839 bits per heavy atom. The van der Waals surface area contributed by atoms with Gasteiger partial charge >= 0.3 is 0 Å². The van der Waals surface area contributed by atoms with Gasteiger partial charge in [0.2, 0.25) is 11.4 Å². The molecule has 0 saturated carbocycles.